The lowest BCUT2D eigenvalue weighted by atomic mass is 10.2. The van der Waals surface area contributed by atoms with Crippen molar-refractivity contribution in [2.45, 2.75) is 19.9 Å². The molecule has 1 heterocycles. The molecule has 1 aliphatic heterocycles. The minimum Gasteiger partial charge on any atom is -0.324 e. The molecule has 0 spiro atoms. The first-order valence-corrected chi connectivity index (χ1v) is 4.31. The van der Waals surface area contributed by atoms with Gasteiger partial charge in [0.1, 0.15) is 6.04 Å². The van der Waals surface area contributed by atoms with Crippen molar-refractivity contribution in [2.24, 2.45) is 0 Å². The van der Waals surface area contributed by atoms with E-state index < -0.39 is 17.9 Å². The van der Waals surface area contributed by atoms with E-state index in [1.54, 1.807) is 13.0 Å². The first-order valence-electron chi connectivity index (χ1n) is 4.31. The summed E-state index contributed by atoms with van der Waals surface area (Å²) in [5, 5.41) is 2.14. The Kier molecular flexibility index (Phi) is 3.01. The summed E-state index contributed by atoms with van der Waals surface area (Å²) >= 11 is 0. The maximum atomic E-state index is 11.3. The molecule has 1 N–H and O–H groups in total. The molecular formula is C9H12N2O3. The second kappa shape index (κ2) is 4.04. The summed E-state index contributed by atoms with van der Waals surface area (Å²) in [6.07, 6.45) is 3.09. The van der Waals surface area contributed by atoms with Crippen molar-refractivity contribution in [1.29, 1.82) is 0 Å². The SMILES string of the molecule is CC(=O)NC(=O)C(C)N1CC=CC1=O. The molecule has 0 saturated heterocycles. The highest BCUT2D eigenvalue weighted by atomic mass is 16.2. The summed E-state index contributed by atoms with van der Waals surface area (Å²) in [6.45, 7) is 3.27. The standard InChI is InChI=1S/C9H12N2O3/c1-6(9(14)10-7(2)12)11-5-3-4-8(11)13/h3-4,6H,5H2,1-2H3,(H,10,12,14). The number of rotatable bonds is 2. The van der Waals surface area contributed by atoms with Gasteiger partial charge < -0.3 is 4.90 Å². The average molecular weight is 196 g/mol. The van der Waals surface area contributed by atoms with Crippen LogP contribution in [0.4, 0.5) is 0 Å². The quantitative estimate of drug-likeness (QED) is 0.643. The van der Waals surface area contributed by atoms with Crippen LogP contribution in [0.15, 0.2) is 12.2 Å². The molecule has 0 aliphatic carbocycles. The Morgan fingerprint density at radius 2 is 2.21 bits per heavy atom. The highest BCUT2D eigenvalue weighted by molar-refractivity contribution is 6.00. The molecule has 1 atom stereocenters. The van der Waals surface area contributed by atoms with Crippen molar-refractivity contribution in [3.05, 3.63) is 12.2 Å². The Bertz CT molecular complexity index is 309. The van der Waals surface area contributed by atoms with E-state index in [9.17, 15) is 14.4 Å². The van der Waals surface area contributed by atoms with Crippen LogP contribution < -0.4 is 5.32 Å². The molecule has 0 aromatic carbocycles. The van der Waals surface area contributed by atoms with E-state index in [2.05, 4.69) is 5.32 Å². The van der Waals surface area contributed by atoms with E-state index in [1.807, 2.05) is 0 Å². The van der Waals surface area contributed by atoms with Gasteiger partial charge in [0, 0.05) is 19.5 Å². The largest absolute Gasteiger partial charge is 0.324 e. The van der Waals surface area contributed by atoms with Crippen LogP contribution in [-0.4, -0.2) is 35.2 Å². The van der Waals surface area contributed by atoms with Gasteiger partial charge in [0.2, 0.25) is 17.7 Å². The van der Waals surface area contributed by atoms with Crippen molar-refractivity contribution >= 4 is 17.7 Å². The van der Waals surface area contributed by atoms with Crippen molar-refractivity contribution in [2.75, 3.05) is 6.54 Å². The monoisotopic (exact) mass is 196 g/mol. The van der Waals surface area contributed by atoms with Crippen molar-refractivity contribution in [3.63, 3.8) is 0 Å². The predicted molar refractivity (Wildman–Crippen MR) is 49.1 cm³/mol. The van der Waals surface area contributed by atoms with E-state index in [0.717, 1.165) is 0 Å². The third kappa shape index (κ3) is 2.18. The molecule has 0 radical (unpaired) electrons. The second-order valence-corrected chi connectivity index (χ2v) is 3.11. The van der Waals surface area contributed by atoms with Crippen molar-refractivity contribution < 1.29 is 14.4 Å². The van der Waals surface area contributed by atoms with Crippen LogP contribution in [0.25, 0.3) is 0 Å². The normalized spacial score (nSPS) is 17.0. The van der Waals surface area contributed by atoms with Crippen LogP contribution in [0.3, 0.4) is 0 Å². The second-order valence-electron chi connectivity index (χ2n) is 3.11. The molecule has 0 saturated carbocycles. The number of hydrogen-bond donors (Lipinski definition) is 1. The van der Waals surface area contributed by atoms with Gasteiger partial charge in [-0.05, 0) is 6.92 Å². The van der Waals surface area contributed by atoms with Crippen LogP contribution in [0.2, 0.25) is 0 Å². The molecule has 3 amide bonds. The van der Waals surface area contributed by atoms with Gasteiger partial charge in [0.05, 0.1) is 0 Å². The number of nitrogens with one attached hydrogen (secondary N) is 1. The molecule has 0 aromatic rings. The first-order chi connectivity index (χ1) is 6.52. The minimum absolute atomic E-state index is 0.198. The van der Waals surface area contributed by atoms with Crippen LogP contribution in [-0.2, 0) is 14.4 Å². The summed E-state index contributed by atoms with van der Waals surface area (Å²) in [7, 11) is 0. The van der Waals surface area contributed by atoms with E-state index in [0.29, 0.717) is 6.54 Å². The van der Waals surface area contributed by atoms with Gasteiger partial charge in [-0.3, -0.25) is 19.7 Å². The zero-order valence-electron chi connectivity index (χ0n) is 8.11. The van der Waals surface area contributed by atoms with Crippen molar-refractivity contribution in [1.82, 2.24) is 10.2 Å². The lowest BCUT2D eigenvalue weighted by Gasteiger charge is -2.22. The third-order valence-corrected chi connectivity index (χ3v) is 1.99. The molecule has 1 aliphatic rings. The maximum absolute atomic E-state index is 11.3. The summed E-state index contributed by atoms with van der Waals surface area (Å²) in [4.78, 5) is 34.5. The van der Waals surface area contributed by atoms with Gasteiger partial charge >= 0.3 is 0 Å². The smallest absolute Gasteiger partial charge is 0.249 e. The van der Waals surface area contributed by atoms with Gasteiger partial charge in [-0.1, -0.05) is 6.08 Å². The van der Waals surface area contributed by atoms with Crippen molar-refractivity contribution in [3.8, 4) is 0 Å². The topological polar surface area (TPSA) is 66.5 Å². The number of hydrogen-bond acceptors (Lipinski definition) is 3. The molecule has 1 unspecified atom stereocenters. The molecule has 0 bridgehead atoms. The molecule has 76 valence electrons. The molecule has 5 nitrogen and oxygen atoms in total. The van der Waals surface area contributed by atoms with Gasteiger partial charge in [0.15, 0.2) is 0 Å². The van der Waals surface area contributed by atoms with Crippen LogP contribution in [0.5, 0.6) is 0 Å². The Morgan fingerprint density at radius 3 is 2.64 bits per heavy atom. The summed E-state index contributed by atoms with van der Waals surface area (Å²) in [5.74, 6) is -1.06. The number of carbonyl (C=O) groups is 3. The number of carbonyl (C=O) groups excluding carboxylic acids is 3. The van der Waals surface area contributed by atoms with Gasteiger partial charge in [-0.25, -0.2) is 0 Å². The number of imide groups is 1. The molecule has 0 aromatic heterocycles. The maximum Gasteiger partial charge on any atom is 0.249 e. The Balaban J connectivity index is 2.57. The van der Waals surface area contributed by atoms with Gasteiger partial charge in [0.25, 0.3) is 0 Å². The van der Waals surface area contributed by atoms with E-state index >= 15 is 0 Å². The highest BCUT2D eigenvalue weighted by Crippen LogP contribution is 2.06. The highest BCUT2D eigenvalue weighted by Gasteiger charge is 2.26. The summed E-state index contributed by atoms with van der Waals surface area (Å²) < 4.78 is 0. The van der Waals surface area contributed by atoms with E-state index in [-0.39, 0.29) is 5.91 Å². The number of nitrogens with zero attached hydrogens (tertiary/aromatic N) is 1. The van der Waals surface area contributed by atoms with E-state index in [1.165, 1.54) is 17.9 Å². The molecule has 1 rings (SSSR count). The zero-order valence-corrected chi connectivity index (χ0v) is 8.11. The third-order valence-electron chi connectivity index (χ3n) is 1.99. The lowest BCUT2D eigenvalue weighted by molar-refractivity contribution is -0.138. The Hall–Kier alpha value is -1.65. The summed E-state index contributed by atoms with van der Waals surface area (Å²) in [5.41, 5.74) is 0. The molecular weight excluding hydrogens is 184 g/mol. The van der Waals surface area contributed by atoms with Gasteiger partial charge in [-0.2, -0.15) is 0 Å². The number of amides is 3. The Morgan fingerprint density at radius 1 is 1.57 bits per heavy atom. The minimum atomic E-state index is -0.610. The molecule has 5 heteroatoms. The van der Waals surface area contributed by atoms with Crippen LogP contribution in [0, 0.1) is 0 Å². The summed E-state index contributed by atoms with van der Waals surface area (Å²) in [6, 6.07) is -0.610. The van der Waals surface area contributed by atoms with Gasteiger partial charge in [-0.15, -0.1) is 0 Å². The Labute approximate surface area is 81.8 Å². The zero-order chi connectivity index (χ0) is 10.7. The molecule has 0 fully saturated rings. The molecule has 14 heavy (non-hydrogen) atoms. The van der Waals surface area contributed by atoms with Crippen LogP contribution in [0.1, 0.15) is 13.8 Å². The van der Waals surface area contributed by atoms with Crippen LogP contribution >= 0.6 is 0 Å². The lowest BCUT2D eigenvalue weighted by Crippen LogP contribution is -2.47. The predicted octanol–water partition coefficient (Wildman–Crippen LogP) is -0.564. The fourth-order valence-electron chi connectivity index (χ4n) is 1.22. The fraction of sp³-hybridized carbons (Fsp3) is 0.444. The first kappa shape index (κ1) is 10.4. The fourth-order valence-corrected chi connectivity index (χ4v) is 1.22. The van der Waals surface area contributed by atoms with E-state index in [4.69, 9.17) is 0 Å². The average Bonchev–Trinajstić information content (AvgIpc) is 2.48.